The molecule has 0 fully saturated rings. The Bertz CT molecular complexity index is 573. The van der Waals surface area contributed by atoms with E-state index in [9.17, 15) is 4.39 Å². The summed E-state index contributed by atoms with van der Waals surface area (Å²) in [6.07, 6.45) is 2.77. The lowest BCUT2D eigenvalue weighted by molar-refractivity contribution is 0.566. The Morgan fingerprint density at radius 1 is 1.11 bits per heavy atom. The Kier molecular flexibility index (Phi) is 3.67. The number of hydrogen-bond donors (Lipinski definition) is 1. The average Bonchev–Trinajstić information content (AvgIpc) is 2.37. The molecule has 0 aliphatic rings. The van der Waals surface area contributed by atoms with Gasteiger partial charge in [0.05, 0.1) is 12.2 Å². The number of hydrogen-bond acceptors (Lipinski definition) is 2. The summed E-state index contributed by atoms with van der Waals surface area (Å²) in [4.78, 5) is 3.76. The van der Waals surface area contributed by atoms with Gasteiger partial charge in [0.1, 0.15) is 5.82 Å². The van der Waals surface area contributed by atoms with Gasteiger partial charge in [-0.25, -0.2) is 4.39 Å². The van der Waals surface area contributed by atoms with Crippen LogP contribution in [0.15, 0.2) is 42.7 Å². The van der Waals surface area contributed by atoms with Crippen LogP contribution in [0.1, 0.15) is 43.5 Å². The Labute approximate surface area is 113 Å². The third kappa shape index (κ3) is 2.82. The Balaban J connectivity index is 2.51. The van der Waals surface area contributed by atoms with Gasteiger partial charge in [0, 0.05) is 11.8 Å². The zero-order chi connectivity index (χ0) is 14.0. The van der Waals surface area contributed by atoms with Gasteiger partial charge in [-0.1, -0.05) is 45.0 Å². The van der Waals surface area contributed by atoms with Crippen LogP contribution in [-0.4, -0.2) is 4.98 Å². The van der Waals surface area contributed by atoms with Gasteiger partial charge in [-0.2, -0.15) is 0 Å². The first-order chi connectivity index (χ1) is 8.91. The minimum Gasteiger partial charge on any atom is -0.320 e. The van der Waals surface area contributed by atoms with Gasteiger partial charge in [-0.3, -0.25) is 4.98 Å². The maximum absolute atomic E-state index is 13.8. The maximum atomic E-state index is 13.8. The lowest BCUT2D eigenvalue weighted by atomic mass is 9.81. The SMILES string of the molecule is CC(C)(C)c1ccccc1C(N)c1ccncc1F. The summed E-state index contributed by atoms with van der Waals surface area (Å²) in [7, 11) is 0. The summed E-state index contributed by atoms with van der Waals surface area (Å²) >= 11 is 0. The highest BCUT2D eigenvalue weighted by atomic mass is 19.1. The molecular weight excluding hydrogens is 239 g/mol. The molecule has 2 nitrogen and oxygen atoms in total. The first kappa shape index (κ1) is 13.7. The van der Waals surface area contributed by atoms with Gasteiger partial charge in [0.2, 0.25) is 0 Å². The second-order valence-corrected chi connectivity index (χ2v) is 5.71. The fourth-order valence-electron chi connectivity index (χ4n) is 2.26. The summed E-state index contributed by atoms with van der Waals surface area (Å²) in [6.45, 7) is 6.38. The van der Waals surface area contributed by atoms with Crippen LogP contribution in [0.5, 0.6) is 0 Å². The van der Waals surface area contributed by atoms with Crippen LogP contribution in [-0.2, 0) is 5.41 Å². The van der Waals surface area contributed by atoms with Crippen LogP contribution >= 0.6 is 0 Å². The summed E-state index contributed by atoms with van der Waals surface area (Å²) in [5.41, 5.74) is 8.79. The molecule has 1 heterocycles. The van der Waals surface area contributed by atoms with Crippen molar-refractivity contribution in [3.05, 3.63) is 65.2 Å². The number of benzene rings is 1. The van der Waals surface area contributed by atoms with Crippen molar-refractivity contribution in [2.75, 3.05) is 0 Å². The molecule has 1 unspecified atom stereocenters. The second-order valence-electron chi connectivity index (χ2n) is 5.71. The van der Waals surface area contributed by atoms with Crippen molar-refractivity contribution < 1.29 is 4.39 Å². The monoisotopic (exact) mass is 258 g/mol. The molecule has 3 heteroatoms. The number of aromatic nitrogens is 1. The third-order valence-corrected chi connectivity index (χ3v) is 3.24. The van der Waals surface area contributed by atoms with Gasteiger partial charge >= 0.3 is 0 Å². The highest BCUT2D eigenvalue weighted by Crippen LogP contribution is 2.31. The third-order valence-electron chi connectivity index (χ3n) is 3.24. The number of rotatable bonds is 2. The largest absolute Gasteiger partial charge is 0.320 e. The van der Waals surface area contributed by atoms with Crippen LogP contribution < -0.4 is 5.73 Å². The normalized spacial score (nSPS) is 13.3. The summed E-state index contributed by atoms with van der Waals surface area (Å²) in [5.74, 6) is -0.362. The molecule has 2 N–H and O–H groups in total. The molecule has 19 heavy (non-hydrogen) atoms. The number of nitrogens with two attached hydrogens (primary N) is 1. The van der Waals surface area contributed by atoms with Crippen molar-refractivity contribution >= 4 is 0 Å². The molecule has 100 valence electrons. The molecule has 0 amide bonds. The molecule has 0 saturated heterocycles. The van der Waals surface area contributed by atoms with E-state index in [4.69, 9.17) is 5.73 Å². The maximum Gasteiger partial charge on any atom is 0.146 e. The van der Waals surface area contributed by atoms with E-state index in [-0.39, 0.29) is 11.2 Å². The van der Waals surface area contributed by atoms with Crippen LogP contribution in [0, 0.1) is 5.82 Å². The summed E-state index contributed by atoms with van der Waals surface area (Å²) < 4.78 is 13.8. The zero-order valence-corrected chi connectivity index (χ0v) is 11.5. The predicted octanol–water partition coefficient (Wildman–Crippen LogP) is 3.57. The van der Waals surface area contributed by atoms with Crippen molar-refractivity contribution in [1.29, 1.82) is 0 Å². The quantitative estimate of drug-likeness (QED) is 0.894. The Morgan fingerprint density at radius 2 is 1.79 bits per heavy atom. The van der Waals surface area contributed by atoms with E-state index in [1.54, 1.807) is 12.3 Å². The molecule has 1 aromatic heterocycles. The molecule has 1 atom stereocenters. The molecule has 0 aliphatic carbocycles. The summed E-state index contributed by atoms with van der Waals surface area (Å²) in [5, 5.41) is 0. The smallest absolute Gasteiger partial charge is 0.146 e. The number of nitrogens with zero attached hydrogens (tertiary/aromatic N) is 1. The van der Waals surface area contributed by atoms with Gasteiger partial charge in [0.15, 0.2) is 0 Å². The molecule has 1 aromatic carbocycles. The van der Waals surface area contributed by atoms with E-state index in [0.717, 1.165) is 11.1 Å². The predicted molar refractivity (Wildman–Crippen MR) is 75.4 cm³/mol. The Hall–Kier alpha value is -1.74. The Morgan fingerprint density at radius 3 is 2.42 bits per heavy atom. The van der Waals surface area contributed by atoms with Crippen molar-refractivity contribution in [1.82, 2.24) is 4.98 Å². The van der Waals surface area contributed by atoms with Crippen molar-refractivity contribution in [3.63, 3.8) is 0 Å². The first-order valence-corrected chi connectivity index (χ1v) is 6.35. The van der Waals surface area contributed by atoms with Gasteiger partial charge in [0.25, 0.3) is 0 Å². The average molecular weight is 258 g/mol. The molecule has 2 aromatic rings. The molecular formula is C16H19FN2. The highest BCUT2D eigenvalue weighted by molar-refractivity contribution is 5.40. The number of halogens is 1. The van der Waals surface area contributed by atoms with Crippen LogP contribution in [0.4, 0.5) is 4.39 Å². The molecule has 2 rings (SSSR count). The van der Waals surface area contributed by atoms with Crippen LogP contribution in [0.2, 0.25) is 0 Å². The molecule has 0 bridgehead atoms. The van der Waals surface area contributed by atoms with E-state index >= 15 is 0 Å². The van der Waals surface area contributed by atoms with Crippen molar-refractivity contribution in [2.45, 2.75) is 32.2 Å². The lowest BCUT2D eigenvalue weighted by Crippen LogP contribution is -2.21. The van der Waals surface area contributed by atoms with E-state index in [1.165, 1.54) is 6.20 Å². The van der Waals surface area contributed by atoms with Gasteiger partial charge in [-0.05, 0) is 22.6 Å². The van der Waals surface area contributed by atoms with Crippen LogP contribution in [0.3, 0.4) is 0 Å². The fourth-order valence-corrected chi connectivity index (χ4v) is 2.26. The van der Waals surface area contributed by atoms with Gasteiger partial charge < -0.3 is 5.73 Å². The molecule has 0 saturated carbocycles. The van der Waals surface area contributed by atoms with E-state index < -0.39 is 6.04 Å². The summed E-state index contributed by atoms with van der Waals surface area (Å²) in [6, 6.07) is 9.10. The minimum absolute atomic E-state index is 0.0300. The second kappa shape index (κ2) is 5.10. The topological polar surface area (TPSA) is 38.9 Å². The van der Waals surface area contributed by atoms with Crippen molar-refractivity contribution in [2.24, 2.45) is 5.73 Å². The minimum atomic E-state index is -0.474. The van der Waals surface area contributed by atoms with Gasteiger partial charge in [-0.15, -0.1) is 0 Å². The fraction of sp³-hybridized carbons (Fsp3) is 0.312. The van der Waals surface area contributed by atoms with Crippen LogP contribution in [0.25, 0.3) is 0 Å². The van der Waals surface area contributed by atoms with E-state index in [0.29, 0.717) is 5.56 Å². The zero-order valence-electron chi connectivity index (χ0n) is 11.5. The number of pyridine rings is 1. The van der Waals surface area contributed by atoms with E-state index in [1.807, 2.05) is 24.3 Å². The van der Waals surface area contributed by atoms with E-state index in [2.05, 4.69) is 25.8 Å². The lowest BCUT2D eigenvalue weighted by Gasteiger charge is -2.26. The van der Waals surface area contributed by atoms with Crippen molar-refractivity contribution in [3.8, 4) is 0 Å². The molecule has 0 radical (unpaired) electrons. The highest BCUT2D eigenvalue weighted by Gasteiger charge is 2.22. The standard InChI is InChI=1S/C16H19FN2/c1-16(2,3)13-7-5-4-6-11(13)15(18)12-8-9-19-10-14(12)17/h4-10,15H,18H2,1-3H3. The molecule has 0 spiro atoms. The molecule has 0 aliphatic heterocycles. The first-order valence-electron chi connectivity index (χ1n) is 6.35.